The van der Waals surface area contributed by atoms with Crippen LogP contribution < -0.4 is 5.73 Å². The minimum atomic E-state index is -0.248. The number of nitrogens with two attached hydrogens (primary N) is 1. The summed E-state index contributed by atoms with van der Waals surface area (Å²) in [6.07, 6.45) is 5.41. The second-order valence-electron chi connectivity index (χ2n) is 7.89. The van der Waals surface area contributed by atoms with Crippen molar-refractivity contribution in [3.63, 3.8) is 0 Å². The summed E-state index contributed by atoms with van der Waals surface area (Å²) < 4.78 is 13.5. The van der Waals surface area contributed by atoms with E-state index in [9.17, 15) is 9.18 Å². The molecule has 0 aliphatic heterocycles. The third kappa shape index (κ3) is 3.64. The molecule has 1 amide bonds. The van der Waals surface area contributed by atoms with Crippen LogP contribution in [0.15, 0.2) is 24.3 Å². The Kier molecular flexibility index (Phi) is 5.24. The van der Waals surface area contributed by atoms with Crippen molar-refractivity contribution >= 4 is 5.91 Å². The maximum atomic E-state index is 13.5. The molecule has 0 aromatic heterocycles. The summed E-state index contributed by atoms with van der Waals surface area (Å²) in [7, 11) is 0. The van der Waals surface area contributed by atoms with Gasteiger partial charge in [-0.3, -0.25) is 4.79 Å². The Bertz CT molecular complexity index is 575. The van der Waals surface area contributed by atoms with E-state index in [1.165, 1.54) is 18.6 Å². The molecule has 132 valence electrons. The van der Waals surface area contributed by atoms with Gasteiger partial charge in [-0.2, -0.15) is 0 Å². The summed E-state index contributed by atoms with van der Waals surface area (Å²) in [5.74, 6) is 1.04. The van der Waals surface area contributed by atoms with Gasteiger partial charge < -0.3 is 10.6 Å². The van der Waals surface area contributed by atoms with Crippen LogP contribution in [0.1, 0.15) is 51.5 Å². The molecule has 1 aromatic carbocycles. The number of nitrogens with zero attached hydrogens (tertiary/aromatic N) is 1. The van der Waals surface area contributed by atoms with E-state index in [1.807, 2.05) is 24.8 Å². The Hall–Kier alpha value is -1.42. The molecule has 3 rings (SSSR count). The largest absolute Gasteiger partial charge is 0.336 e. The zero-order chi connectivity index (χ0) is 17.3. The number of fused-ring (bicyclic) bond motifs is 2. The number of halogens is 1. The topological polar surface area (TPSA) is 46.3 Å². The molecule has 0 spiro atoms. The van der Waals surface area contributed by atoms with Gasteiger partial charge in [0.2, 0.25) is 5.91 Å². The number of hydrogen-bond donors (Lipinski definition) is 1. The van der Waals surface area contributed by atoms with Crippen LogP contribution >= 0.6 is 0 Å². The molecule has 1 aromatic rings. The lowest BCUT2D eigenvalue weighted by atomic mass is 9.65. The van der Waals surface area contributed by atoms with Gasteiger partial charge in [-0.25, -0.2) is 4.39 Å². The van der Waals surface area contributed by atoms with E-state index >= 15 is 0 Å². The van der Waals surface area contributed by atoms with E-state index in [0.29, 0.717) is 18.4 Å². The fraction of sp³-hybridized carbons (Fsp3) is 0.650. The van der Waals surface area contributed by atoms with Gasteiger partial charge in [0.15, 0.2) is 0 Å². The third-order valence-electron chi connectivity index (χ3n) is 5.91. The van der Waals surface area contributed by atoms with Crippen LogP contribution in [0, 0.1) is 23.6 Å². The van der Waals surface area contributed by atoms with Crippen LogP contribution in [-0.4, -0.2) is 22.9 Å². The molecule has 0 radical (unpaired) electrons. The molecule has 2 atom stereocenters. The van der Waals surface area contributed by atoms with E-state index in [1.54, 1.807) is 6.07 Å². The van der Waals surface area contributed by atoms with Crippen LogP contribution in [0.4, 0.5) is 4.39 Å². The molecule has 4 heteroatoms. The SMILES string of the molecule is CC(C)N(Cc1cccc(F)c1)C(=O)C1CC2CCCC(C1)C2N. The summed E-state index contributed by atoms with van der Waals surface area (Å²) in [4.78, 5) is 15.1. The Morgan fingerprint density at radius 1 is 1.29 bits per heavy atom. The minimum Gasteiger partial charge on any atom is -0.336 e. The van der Waals surface area contributed by atoms with E-state index < -0.39 is 0 Å². The van der Waals surface area contributed by atoms with Gasteiger partial charge in [0, 0.05) is 24.5 Å². The molecule has 2 N–H and O–H groups in total. The van der Waals surface area contributed by atoms with Crippen molar-refractivity contribution in [2.75, 3.05) is 0 Å². The summed E-state index contributed by atoms with van der Waals surface area (Å²) in [5, 5.41) is 0. The fourth-order valence-electron chi connectivity index (χ4n) is 4.57. The minimum absolute atomic E-state index is 0.0797. The van der Waals surface area contributed by atoms with Crippen molar-refractivity contribution in [1.82, 2.24) is 4.90 Å². The number of rotatable bonds is 4. The lowest BCUT2D eigenvalue weighted by molar-refractivity contribution is -0.141. The second-order valence-corrected chi connectivity index (χ2v) is 7.89. The first-order valence-electron chi connectivity index (χ1n) is 9.26. The smallest absolute Gasteiger partial charge is 0.226 e. The Morgan fingerprint density at radius 2 is 1.96 bits per heavy atom. The first-order chi connectivity index (χ1) is 11.5. The van der Waals surface area contributed by atoms with Gasteiger partial charge >= 0.3 is 0 Å². The number of benzene rings is 1. The van der Waals surface area contributed by atoms with Gasteiger partial charge in [0.25, 0.3) is 0 Å². The van der Waals surface area contributed by atoms with Crippen molar-refractivity contribution in [3.05, 3.63) is 35.6 Å². The van der Waals surface area contributed by atoms with Crippen molar-refractivity contribution < 1.29 is 9.18 Å². The van der Waals surface area contributed by atoms with Crippen LogP contribution in [-0.2, 0) is 11.3 Å². The summed E-state index contributed by atoms with van der Waals surface area (Å²) >= 11 is 0. The molecule has 2 aliphatic rings. The molecule has 2 unspecified atom stereocenters. The first-order valence-corrected chi connectivity index (χ1v) is 9.26. The molecule has 2 fully saturated rings. The molecule has 0 saturated heterocycles. The molecule has 2 aliphatic carbocycles. The van der Waals surface area contributed by atoms with E-state index in [2.05, 4.69) is 0 Å². The zero-order valence-electron chi connectivity index (χ0n) is 14.7. The van der Waals surface area contributed by atoms with Gasteiger partial charge in [0.05, 0.1) is 0 Å². The molecule has 2 saturated carbocycles. The van der Waals surface area contributed by atoms with Crippen molar-refractivity contribution in [2.45, 2.75) is 64.6 Å². The highest BCUT2D eigenvalue weighted by Gasteiger charge is 2.41. The lowest BCUT2D eigenvalue weighted by Gasteiger charge is -2.45. The van der Waals surface area contributed by atoms with Crippen molar-refractivity contribution in [2.24, 2.45) is 23.5 Å². The lowest BCUT2D eigenvalue weighted by Crippen LogP contribution is -2.50. The average Bonchev–Trinajstić information content (AvgIpc) is 2.51. The summed E-state index contributed by atoms with van der Waals surface area (Å²) in [6, 6.07) is 6.94. The quantitative estimate of drug-likeness (QED) is 0.913. The van der Waals surface area contributed by atoms with Crippen LogP contribution in [0.2, 0.25) is 0 Å². The second kappa shape index (κ2) is 7.22. The molecular formula is C20H29FN2O. The third-order valence-corrected chi connectivity index (χ3v) is 5.91. The average molecular weight is 332 g/mol. The number of amides is 1. The van der Waals surface area contributed by atoms with Gasteiger partial charge in [-0.1, -0.05) is 18.6 Å². The normalized spacial score (nSPS) is 29.5. The monoisotopic (exact) mass is 332 g/mol. The first kappa shape index (κ1) is 17.4. The predicted octanol–water partition coefficient (Wildman–Crippen LogP) is 3.72. The Balaban J connectivity index is 1.73. The highest BCUT2D eigenvalue weighted by Crippen LogP contribution is 2.42. The van der Waals surface area contributed by atoms with Crippen molar-refractivity contribution in [1.29, 1.82) is 0 Å². The zero-order valence-corrected chi connectivity index (χ0v) is 14.7. The van der Waals surface area contributed by atoms with Gasteiger partial charge in [-0.05, 0) is 69.1 Å². The fourth-order valence-corrected chi connectivity index (χ4v) is 4.57. The van der Waals surface area contributed by atoms with Crippen molar-refractivity contribution in [3.8, 4) is 0 Å². The molecule has 3 nitrogen and oxygen atoms in total. The standard InChI is InChI=1S/C20H29FN2O/c1-13(2)23(12-14-5-3-8-18(21)9-14)20(24)17-10-15-6-4-7-16(11-17)19(15)22/h3,5,8-9,13,15-17,19H,4,6-7,10-12,22H2,1-2H3. The predicted molar refractivity (Wildman–Crippen MR) is 93.6 cm³/mol. The molecule has 2 bridgehead atoms. The van der Waals surface area contributed by atoms with E-state index in [0.717, 1.165) is 31.2 Å². The van der Waals surface area contributed by atoms with Gasteiger partial charge in [0.1, 0.15) is 5.82 Å². The summed E-state index contributed by atoms with van der Waals surface area (Å²) in [5.41, 5.74) is 7.21. The van der Waals surface area contributed by atoms with Crippen LogP contribution in [0.3, 0.4) is 0 Å². The molecule has 0 heterocycles. The maximum absolute atomic E-state index is 13.5. The summed E-state index contributed by atoms with van der Waals surface area (Å²) in [6.45, 7) is 4.55. The van der Waals surface area contributed by atoms with Gasteiger partial charge in [-0.15, -0.1) is 0 Å². The number of carbonyl (C=O) groups is 1. The molecule has 24 heavy (non-hydrogen) atoms. The number of carbonyl (C=O) groups excluding carboxylic acids is 1. The highest BCUT2D eigenvalue weighted by molar-refractivity contribution is 5.79. The Morgan fingerprint density at radius 3 is 2.54 bits per heavy atom. The van der Waals surface area contributed by atoms with E-state index in [4.69, 9.17) is 5.73 Å². The molecular weight excluding hydrogens is 303 g/mol. The highest BCUT2D eigenvalue weighted by atomic mass is 19.1. The van der Waals surface area contributed by atoms with E-state index in [-0.39, 0.29) is 29.7 Å². The van der Waals surface area contributed by atoms with Crippen LogP contribution in [0.25, 0.3) is 0 Å². The number of hydrogen-bond acceptors (Lipinski definition) is 2. The Labute approximate surface area is 144 Å². The maximum Gasteiger partial charge on any atom is 0.226 e. The van der Waals surface area contributed by atoms with Crippen LogP contribution in [0.5, 0.6) is 0 Å².